The zero-order valence-corrected chi connectivity index (χ0v) is 19.3. The Morgan fingerprint density at radius 2 is 1.74 bits per heavy atom. The summed E-state index contributed by atoms with van der Waals surface area (Å²) in [6, 6.07) is 17.7. The van der Waals surface area contributed by atoms with Gasteiger partial charge < -0.3 is 0 Å². The Bertz CT molecular complexity index is 1580. The fourth-order valence-electron chi connectivity index (χ4n) is 4.00. The Hall–Kier alpha value is -3.68. The van der Waals surface area contributed by atoms with Crippen LogP contribution in [0.15, 0.2) is 71.8 Å². The van der Waals surface area contributed by atoms with E-state index in [1.165, 1.54) is 12.1 Å². The normalized spacial score (nSPS) is 15.2. The van der Waals surface area contributed by atoms with Crippen LogP contribution in [0, 0.1) is 11.3 Å². The van der Waals surface area contributed by atoms with Gasteiger partial charge in [-0.3, -0.25) is 4.57 Å². The lowest BCUT2D eigenvalue weighted by Crippen LogP contribution is -2.34. The third-order valence-electron chi connectivity index (χ3n) is 6.08. The number of pyridine rings is 1. The van der Waals surface area contributed by atoms with E-state index in [4.69, 9.17) is 0 Å². The molecule has 0 aliphatic heterocycles. The van der Waals surface area contributed by atoms with Crippen molar-refractivity contribution in [1.29, 1.82) is 5.26 Å². The smallest absolute Gasteiger partial charge is 0.293 e. The van der Waals surface area contributed by atoms with Crippen molar-refractivity contribution in [2.45, 2.75) is 36.4 Å². The Kier molecular flexibility index (Phi) is 5.23. The van der Waals surface area contributed by atoms with Crippen LogP contribution in [0.2, 0.25) is 0 Å². The maximum Gasteiger partial charge on any atom is 0.417 e. The summed E-state index contributed by atoms with van der Waals surface area (Å²) in [5.74, 6) is 0. The first-order chi connectivity index (χ1) is 16.5. The number of nitrogens with zero attached hydrogens (tertiary/aromatic N) is 3. The quantitative estimate of drug-likeness (QED) is 0.400. The van der Waals surface area contributed by atoms with Gasteiger partial charge in [0.25, 0.3) is 0 Å². The fourth-order valence-corrected chi connectivity index (χ4v) is 5.47. The number of hydrogen-bond donors (Lipinski definition) is 1. The second kappa shape index (κ2) is 7.93. The van der Waals surface area contributed by atoms with E-state index in [0.717, 1.165) is 25.1 Å². The number of hydrogen-bond acceptors (Lipinski definition) is 4. The molecule has 1 fully saturated rings. The molecule has 0 atom stereocenters. The number of benzene rings is 2. The molecule has 2 heterocycles. The molecule has 4 aromatic rings. The van der Waals surface area contributed by atoms with Gasteiger partial charge in [0.1, 0.15) is 11.7 Å². The van der Waals surface area contributed by atoms with Crippen LogP contribution in [-0.4, -0.2) is 23.5 Å². The Labute approximate surface area is 199 Å². The first kappa shape index (κ1) is 23.1. The highest BCUT2D eigenvalue weighted by Gasteiger charge is 2.41. The predicted molar refractivity (Wildman–Crippen MR) is 124 cm³/mol. The standard InChI is InChI=1S/C25H19F3N4O2S/c1-24(11-12-24)31-35(33,34)19-9-7-16(8-10-19)22-21(14-29)20-13-17(25(26,27)28)15-30-23(20)32(22)18-5-3-2-4-6-18/h2-10,13,15,31H,11-12H2,1H3. The van der Waals surface area contributed by atoms with E-state index in [0.29, 0.717) is 16.9 Å². The van der Waals surface area contributed by atoms with Crippen LogP contribution in [0.4, 0.5) is 13.2 Å². The maximum atomic E-state index is 13.4. The van der Waals surface area contributed by atoms with Crippen LogP contribution in [0.1, 0.15) is 30.9 Å². The Morgan fingerprint density at radius 1 is 1.09 bits per heavy atom. The fraction of sp³-hybridized carbons (Fsp3) is 0.200. The number of aromatic nitrogens is 2. The van der Waals surface area contributed by atoms with Gasteiger partial charge in [0.15, 0.2) is 0 Å². The molecule has 35 heavy (non-hydrogen) atoms. The summed E-state index contributed by atoms with van der Waals surface area (Å²) in [4.78, 5) is 4.13. The molecule has 0 bridgehead atoms. The second-order valence-corrected chi connectivity index (χ2v) is 10.5. The number of alkyl halides is 3. The molecule has 1 aliphatic rings. The van der Waals surface area contributed by atoms with E-state index in [9.17, 15) is 26.9 Å². The predicted octanol–water partition coefficient (Wildman–Crippen LogP) is 5.41. The number of sulfonamides is 1. The Morgan fingerprint density at radius 3 is 2.31 bits per heavy atom. The number of halogens is 3. The molecule has 1 aliphatic carbocycles. The van der Waals surface area contributed by atoms with Crippen molar-refractivity contribution in [1.82, 2.24) is 14.3 Å². The van der Waals surface area contributed by atoms with Crippen LogP contribution < -0.4 is 4.72 Å². The summed E-state index contributed by atoms with van der Waals surface area (Å²) in [5.41, 5.74) is 0.200. The number of rotatable bonds is 5. The van der Waals surface area contributed by atoms with Gasteiger partial charge in [0.05, 0.1) is 21.7 Å². The molecule has 6 nitrogen and oxygen atoms in total. The molecule has 10 heteroatoms. The summed E-state index contributed by atoms with van der Waals surface area (Å²) in [7, 11) is -3.74. The minimum absolute atomic E-state index is 0.0154. The highest BCUT2D eigenvalue weighted by Crippen LogP contribution is 2.39. The average Bonchev–Trinajstić information content (AvgIpc) is 3.44. The van der Waals surface area contributed by atoms with Crippen molar-refractivity contribution in [3.05, 3.63) is 78.0 Å². The van der Waals surface area contributed by atoms with Gasteiger partial charge in [-0.1, -0.05) is 30.3 Å². The van der Waals surface area contributed by atoms with Gasteiger partial charge in [-0.25, -0.2) is 18.1 Å². The van der Waals surface area contributed by atoms with Gasteiger partial charge in [-0.2, -0.15) is 18.4 Å². The molecule has 0 saturated heterocycles. The van der Waals surface area contributed by atoms with E-state index in [-0.39, 0.29) is 21.5 Å². The summed E-state index contributed by atoms with van der Waals surface area (Å²) < 4.78 is 69.9. The SMILES string of the molecule is CC1(NS(=O)(=O)c2ccc(-c3c(C#N)c4cc(C(F)(F)F)cnc4n3-c3ccccc3)cc2)CC1. The van der Waals surface area contributed by atoms with E-state index >= 15 is 0 Å². The van der Waals surface area contributed by atoms with Gasteiger partial charge in [0, 0.05) is 28.4 Å². The average molecular weight is 497 g/mol. The highest BCUT2D eigenvalue weighted by molar-refractivity contribution is 7.89. The van der Waals surface area contributed by atoms with Crippen molar-refractivity contribution in [2.24, 2.45) is 0 Å². The number of para-hydroxylation sites is 1. The molecule has 0 radical (unpaired) electrons. The topological polar surface area (TPSA) is 87.8 Å². The zero-order chi connectivity index (χ0) is 25.0. The molecule has 0 spiro atoms. The molecule has 1 saturated carbocycles. The van der Waals surface area contributed by atoms with Crippen LogP contribution in [-0.2, 0) is 16.2 Å². The first-order valence-corrected chi connectivity index (χ1v) is 12.2. The van der Waals surface area contributed by atoms with Crippen molar-refractivity contribution in [2.75, 3.05) is 0 Å². The highest BCUT2D eigenvalue weighted by atomic mass is 32.2. The number of nitrogens with one attached hydrogen (secondary N) is 1. The van der Waals surface area contributed by atoms with Crippen molar-refractivity contribution in [3.8, 4) is 23.0 Å². The van der Waals surface area contributed by atoms with E-state index in [1.807, 2.05) is 13.0 Å². The molecule has 2 aromatic carbocycles. The zero-order valence-electron chi connectivity index (χ0n) is 18.5. The summed E-state index contributed by atoms with van der Waals surface area (Å²) in [5, 5.41) is 10.0. The van der Waals surface area contributed by atoms with E-state index in [2.05, 4.69) is 9.71 Å². The third-order valence-corrected chi connectivity index (χ3v) is 7.73. The number of nitriles is 1. The lowest BCUT2D eigenvalue weighted by atomic mass is 10.1. The van der Waals surface area contributed by atoms with Crippen LogP contribution in [0.3, 0.4) is 0 Å². The van der Waals surface area contributed by atoms with Gasteiger partial charge in [0.2, 0.25) is 10.0 Å². The van der Waals surface area contributed by atoms with E-state index < -0.39 is 27.3 Å². The molecular formula is C25H19F3N4O2S. The van der Waals surface area contributed by atoms with Crippen molar-refractivity contribution < 1.29 is 21.6 Å². The summed E-state index contributed by atoms with van der Waals surface area (Å²) in [6.07, 6.45) is -2.35. The van der Waals surface area contributed by atoms with Crippen LogP contribution in [0.5, 0.6) is 0 Å². The molecule has 1 N–H and O–H groups in total. The third kappa shape index (κ3) is 4.17. The van der Waals surface area contributed by atoms with E-state index in [1.54, 1.807) is 47.0 Å². The molecule has 0 unspecified atom stereocenters. The second-order valence-electron chi connectivity index (χ2n) is 8.79. The molecule has 178 valence electrons. The van der Waals surface area contributed by atoms with Crippen LogP contribution in [0.25, 0.3) is 28.0 Å². The molecule has 0 amide bonds. The monoisotopic (exact) mass is 496 g/mol. The first-order valence-electron chi connectivity index (χ1n) is 10.7. The van der Waals surface area contributed by atoms with Crippen molar-refractivity contribution in [3.63, 3.8) is 0 Å². The van der Waals surface area contributed by atoms with Crippen molar-refractivity contribution >= 4 is 21.1 Å². The largest absolute Gasteiger partial charge is 0.417 e. The van der Waals surface area contributed by atoms with Gasteiger partial charge in [-0.15, -0.1) is 0 Å². The lowest BCUT2D eigenvalue weighted by molar-refractivity contribution is -0.137. The molecular weight excluding hydrogens is 477 g/mol. The summed E-state index contributed by atoms with van der Waals surface area (Å²) in [6.45, 7) is 1.83. The maximum absolute atomic E-state index is 13.4. The minimum atomic E-state index is -4.62. The molecule has 2 aromatic heterocycles. The minimum Gasteiger partial charge on any atom is -0.293 e. The number of fused-ring (bicyclic) bond motifs is 1. The van der Waals surface area contributed by atoms with Crippen LogP contribution >= 0.6 is 0 Å². The van der Waals surface area contributed by atoms with Gasteiger partial charge in [-0.05, 0) is 50.1 Å². The molecule has 5 rings (SSSR count). The summed E-state index contributed by atoms with van der Waals surface area (Å²) >= 11 is 0. The lowest BCUT2D eigenvalue weighted by Gasteiger charge is -2.14. The Balaban J connectivity index is 1.71. The van der Waals surface area contributed by atoms with Gasteiger partial charge >= 0.3 is 6.18 Å².